The minimum absolute atomic E-state index is 0.0888. The van der Waals surface area contributed by atoms with Crippen molar-refractivity contribution in [2.24, 2.45) is 7.05 Å². The monoisotopic (exact) mass is 459 g/mol. The van der Waals surface area contributed by atoms with Crippen molar-refractivity contribution >= 4 is 34.9 Å². The van der Waals surface area contributed by atoms with Gasteiger partial charge in [-0.05, 0) is 43.0 Å². The Hall–Kier alpha value is -2.61. The maximum absolute atomic E-state index is 13.0. The minimum atomic E-state index is -0.259. The molecule has 31 heavy (non-hydrogen) atoms. The molecule has 162 valence electrons. The van der Waals surface area contributed by atoms with Crippen LogP contribution in [0, 0.1) is 0 Å². The maximum atomic E-state index is 13.0. The largest absolute Gasteiger partial charge is 0.383 e. The number of anilines is 1. The predicted molar refractivity (Wildman–Crippen MR) is 121 cm³/mol. The topological polar surface area (TPSA) is 95.1 Å². The standard InChI is InChI=1S/C22H23Cl2N5O2/c1-29-11-15(10-27-29)14-8-16(21(25)26-9-14)22(30)28-19-3-2-4-20(19)31-12-13-5-6-17(23)18(24)7-13/h5-11,19-20H,2-4,12H2,1H3,(H2,25,26)(H,28,30). The first-order valence-corrected chi connectivity index (χ1v) is 10.8. The molecule has 1 aliphatic rings. The van der Waals surface area contributed by atoms with E-state index in [0.717, 1.165) is 36.0 Å². The molecule has 1 saturated carbocycles. The van der Waals surface area contributed by atoms with E-state index in [2.05, 4.69) is 15.4 Å². The Morgan fingerprint density at radius 2 is 2.06 bits per heavy atom. The summed E-state index contributed by atoms with van der Waals surface area (Å²) in [4.78, 5) is 17.2. The molecule has 1 aromatic carbocycles. The quantitative estimate of drug-likeness (QED) is 0.574. The molecule has 0 radical (unpaired) electrons. The van der Waals surface area contributed by atoms with Crippen LogP contribution in [-0.4, -0.2) is 32.8 Å². The van der Waals surface area contributed by atoms with Gasteiger partial charge >= 0.3 is 0 Å². The highest BCUT2D eigenvalue weighted by Gasteiger charge is 2.30. The summed E-state index contributed by atoms with van der Waals surface area (Å²) in [5.41, 5.74) is 8.93. The van der Waals surface area contributed by atoms with Gasteiger partial charge in [0.2, 0.25) is 0 Å². The predicted octanol–water partition coefficient (Wildman–Crippen LogP) is 4.24. The number of ether oxygens (including phenoxy) is 1. The summed E-state index contributed by atoms with van der Waals surface area (Å²) in [5, 5.41) is 8.24. The van der Waals surface area contributed by atoms with Crippen LogP contribution in [0.4, 0.5) is 5.82 Å². The number of amides is 1. The number of hydrogen-bond acceptors (Lipinski definition) is 5. The summed E-state index contributed by atoms with van der Waals surface area (Å²) >= 11 is 12.1. The normalized spacial score (nSPS) is 18.3. The lowest BCUT2D eigenvalue weighted by Gasteiger charge is -2.22. The van der Waals surface area contributed by atoms with Crippen molar-refractivity contribution in [3.8, 4) is 11.1 Å². The molecule has 4 rings (SSSR count). The van der Waals surface area contributed by atoms with E-state index in [1.54, 1.807) is 35.3 Å². The summed E-state index contributed by atoms with van der Waals surface area (Å²) in [6.45, 7) is 0.397. The summed E-state index contributed by atoms with van der Waals surface area (Å²) in [6.07, 6.45) is 7.82. The van der Waals surface area contributed by atoms with Crippen LogP contribution in [0.3, 0.4) is 0 Å². The molecule has 0 spiro atoms. The van der Waals surface area contributed by atoms with Gasteiger partial charge in [0.15, 0.2) is 0 Å². The number of aromatic nitrogens is 3. The highest BCUT2D eigenvalue weighted by molar-refractivity contribution is 6.42. The molecule has 3 N–H and O–H groups in total. The van der Waals surface area contributed by atoms with E-state index in [9.17, 15) is 4.79 Å². The number of benzene rings is 1. The molecule has 2 aromatic heterocycles. The number of halogens is 2. The Balaban J connectivity index is 1.43. The second kappa shape index (κ2) is 9.26. The molecule has 2 heterocycles. The van der Waals surface area contributed by atoms with Gasteiger partial charge in [-0.2, -0.15) is 5.10 Å². The van der Waals surface area contributed by atoms with Crippen molar-refractivity contribution in [1.29, 1.82) is 0 Å². The van der Waals surface area contributed by atoms with Crippen LogP contribution in [0.5, 0.6) is 0 Å². The van der Waals surface area contributed by atoms with Crippen molar-refractivity contribution in [2.45, 2.75) is 38.0 Å². The van der Waals surface area contributed by atoms with Gasteiger partial charge in [-0.1, -0.05) is 29.3 Å². The first-order valence-electron chi connectivity index (χ1n) is 10.0. The van der Waals surface area contributed by atoms with Gasteiger partial charge in [0.05, 0.1) is 40.6 Å². The lowest BCUT2D eigenvalue weighted by Crippen LogP contribution is -2.41. The Morgan fingerprint density at radius 1 is 1.23 bits per heavy atom. The number of nitrogen functional groups attached to an aromatic ring is 1. The van der Waals surface area contributed by atoms with E-state index in [1.807, 2.05) is 19.3 Å². The minimum Gasteiger partial charge on any atom is -0.383 e. The van der Waals surface area contributed by atoms with Crippen molar-refractivity contribution in [3.05, 3.63) is 64.0 Å². The van der Waals surface area contributed by atoms with Crippen LogP contribution in [0.15, 0.2) is 42.9 Å². The smallest absolute Gasteiger partial charge is 0.255 e. The number of pyridine rings is 1. The van der Waals surface area contributed by atoms with E-state index in [0.29, 0.717) is 22.2 Å². The Morgan fingerprint density at radius 3 is 2.81 bits per heavy atom. The van der Waals surface area contributed by atoms with Crippen molar-refractivity contribution in [2.75, 3.05) is 5.73 Å². The molecule has 1 amide bonds. The third-order valence-electron chi connectivity index (χ3n) is 5.42. The number of carbonyl (C=O) groups excluding carboxylic acids is 1. The first-order chi connectivity index (χ1) is 14.9. The second-order valence-corrected chi connectivity index (χ2v) is 8.48. The number of carbonyl (C=O) groups is 1. The molecule has 7 nitrogen and oxygen atoms in total. The van der Waals surface area contributed by atoms with Gasteiger partial charge in [-0.3, -0.25) is 9.48 Å². The van der Waals surface area contributed by atoms with Crippen molar-refractivity contribution in [3.63, 3.8) is 0 Å². The fourth-order valence-corrected chi connectivity index (χ4v) is 4.08. The number of rotatable bonds is 6. The molecule has 0 bridgehead atoms. The Kier molecular flexibility index (Phi) is 6.46. The molecular formula is C22H23Cl2N5O2. The zero-order valence-electron chi connectivity index (χ0n) is 17.0. The molecule has 2 atom stereocenters. The molecule has 0 saturated heterocycles. The van der Waals surface area contributed by atoms with E-state index < -0.39 is 0 Å². The molecule has 9 heteroatoms. The molecule has 1 fully saturated rings. The Labute approximate surface area is 190 Å². The van der Waals surface area contributed by atoms with Crippen LogP contribution in [0.1, 0.15) is 35.2 Å². The van der Waals surface area contributed by atoms with E-state index >= 15 is 0 Å². The van der Waals surface area contributed by atoms with Gasteiger partial charge in [-0.25, -0.2) is 4.98 Å². The maximum Gasteiger partial charge on any atom is 0.255 e. The van der Waals surface area contributed by atoms with Crippen LogP contribution in [0.2, 0.25) is 10.0 Å². The number of nitrogens with one attached hydrogen (secondary N) is 1. The lowest BCUT2D eigenvalue weighted by atomic mass is 10.1. The average molecular weight is 460 g/mol. The summed E-state index contributed by atoms with van der Waals surface area (Å²) in [7, 11) is 1.83. The number of nitrogens with zero attached hydrogens (tertiary/aromatic N) is 3. The van der Waals surface area contributed by atoms with Crippen LogP contribution in [0.25, 0.3) is 11.1 Å². The zero-order chi connectivity index (χ0) is 22.0. The van der Waals surface area contributed by atoms with Crippen LogP contribution in [-0.2, 0) is 18.4 Å². The molecule has 0 aliphatic heterocycles. The van der Waals surface area contributed by atoms with Gasteiger partial charge in [0.25, 0.3) is 5.91 Å². The molecule has 2 unspecified atom stereocenters. The fraction of sp³-hybridized carbons (Fsp3) is 0.318. The zero-order valence-corrected chi connectivity index (χ0v) is 18.5. The summed E-state index contributed by atoms with van der Waals surface area (Å²) in [5.74, 6) is -0.0674. The Bertz CT molecular complexity index is 1100. The third kappa shape index (κ3) is 5.01. The van der Waals surface area contributed by atoms with Gasteiger partial charge in [0.1, 0.15) is 5.82 Å². The van der Waals surface area contributed by atoms with Crippen molar-refractivity contribution in [1.82, 2.24) is 20.1 Å². The molecular weight excluding hydrogens is 437 g/mol. The fourth-order valence-electron chi connectivity index (χ4n) is 3.75. The number of aryl methyl sites for hydroxylation is 1. The van der Waals surface area contributed by atoms with Gasteiger partial charge < -0.3 is 15.8 Å². The average Bonchev–Trinajstić information content (AvgIpc) is 3.38. The summed E-state index contributed by atoms with van der Waals surface area (Å²) < 4.78 is 7.78. The van der Waals surface area contributed by atoms with Crippen molar-refractivity contribution < 1.29 is 9.53 Å². The lowest BCUT2D eigenvalue weighted by molar-refractivity contribution is 0.0272. The number of nitrogens with two attached hydrogens (primary N) is 1. The highest BCUT2D eigenvalue weighted by atomic mass is 35.5. The second-order valence-electron chi connectivity index (χ2n) is 7.67. The van der Waals surface area contributed by atoms with Gasteiger partial charge in [0, 0.05) is 30.6 Å². The van der Waals surface area contributed by atoms with E-state index in [4.69, 9.17) is 33.7 Å². The van der Waals surface area contributed by atoms with Crippen LogP contribution >= 0.6 is 23.2 Å². The highest BCUT2D eigenvalue weighted by Crippen LogP contribution is 2.27. The first kappa shape index (κ1) is 21.6. The third-order valence-corrected chi connectivity index (χ3v) is 6.16. The molecule has 1 aliphatic carbocycles. The van der Waals surface area contributed by atoms with Gasteiger partial charge in [-0.15, -0.1) is 0 Å². The number of hydrogen-bond donors (Lipinski definition) is 2. The summed E-state index contributed by atoms with van der Waals surface area (Å²) in [6, 6.07) is 7.07. The van der Waals surface area contributed by atoms with E-state index in [1.165, 1.54) is 0 Å². The molecule has 3 aromatic rings. The van der Waals surface area contributed by atoms with Crippen LogP contribution < -0.4 is 11.1 Å². The van der Waals surface area contributed by atoms with E-state index in [-0.39, 0.29) is 23.9 Å². The SMILES string of the molecule is Cn1cc(-c2cnc(N)c(C(=O)NC3CCCC3OCc3ccc(Cl)c(Cl)c3)c2)cn1.